The van der Waals surface area contributed by atoms with E-state index in [0.29, 0.717) is 25.7 Å². The van der Waals surface area contributed by atoms with Gasteiger partial charge in [-0.15, -0.1) is 0 Å². The Morgan fingerprint density at radius 2 is 1.00 bits per heavy atom. The van der Waals surface area contributed by atoms with Crippen LogP contribution in [0.1, 0.15) is 84.2 Å². The van der Waals surface area contributed by atoms with Crippen LogP contribution in [0.5, 0.6) is 0 Å². The van der Waals surface area contributed by atoms with Crippen LogP contribution in [-0.4, -0.2) is 23.9 Å². The maximum atomic E-state index is 14.5. The lowest BCUT2D eigenvalue weighted by Gasteiger charge is -2.45. The molecule has 2 fully saturated rings. The molecule has 2 N–H and O–H groups in total. The van der Waals surface area contributed by atoms with Crippen LogP contribution in [0.3, 0.4) is 0 Å². The highest BCUT2D eigenvalue weighted by atomic mass is 19.2. The molecule has 0 aromatic heterocycles. The Hall–Kier alpha value is -3.18. The van der Waals surface area contributed by atoms with Crippen molar-refractivity contribution in [1.82, 2.24) is 10.6 Å². The predicted octanol–water partition coefficient (Wildman–Crippen LogP) is 7.19. The lowest BCUT2D eigenvalue weighted by Crippen LogP contribution is -2.51. The third-order valence-electron chi connectivity index (χ3n) is 9.24. The molecule has 2 aliphatic rings. The highest BCUT2D eigenvalue weighted by Crippen LogP contribution is 2.43. The summed E-state index contributed by atoms with van der Waals surface area (Å²) in [7, 11) is 0. The van der Waals surface area contributed by atoms with Crippen molar-refractivity contribution in [2.75, 3.05) is 0 Å². The van der Waals surface area contributed by atoms with E-state index >= 15 is 0 Å². The Bertz CT molecular complexity index is 1280. The van der Waals surface area contributed by atoms with Crippen LogP contribution in [0.4, 0.5) is 35.1 Å². The van der Waals surface area contributed by atoms with E-state index in [-0.39, 0.29) is 30.1 Å². The van der Waals surface area contributed by atoms with Crippen molar-refractivity contribution in [2.45, 2.75) is 78.3 Å². The van der Waals surface area contributed by atoms with Gasteiger partial charge < -0.3 is 10.6 Å². The van der Waals surface area contributed by atoms with Crippen LogP contribution in [-0.2, 0) is 0 Å². The molecule has 2 amide bonds. The smallest absolute Gasteiger partial charge is 0.257 e. The molecular formula is C30H32F8N2O2. The first-order valence-electron chi connectivity index (χ1n) is 13.9. The summed E-state index contributed by atoms with van der Waals surface area (Å²) in [4.78, 5) is 25.8. The van der Waals surface area contributed by atoms with Gasteiger partial charge in [0.2, 0.25) is 0 Å². The van der Waals surface area contributed by atoms with Gasteiger partial charge in [0.15, 0.2) is 46.5 Å². The molecule has 2 aliphatic carbocycles. The molecule has 6 unspecified atom stereocenters. The Kier molecular flexibility index (Phi) is 9.22. The summed E-state index contributed by atoms with van der Waals surface area (Å²) in [6.07, 6.45) is 3.36. The van der Waals surface area contributed by atoms with Crippen molar-refractivity contribution in [2.24, 2.45) is 23.7 Å². The number of carbonyl (C=O) groups excluding carboxylic acids is 2. The van der Waals surface area contributed by atoms with Gasteiger partial charge in [-0.2, -0.15) is 0 Å². The molecule has 12 heteroatoms. The molecule has 0 aliphatic heterocycles. The Morgan fingerprint density at radius 1 is 0.595 bits per heavy atom. The van der Waals surface area contributed by atoms with Gasteiger partial charge in [0.1, 0.15) is 11.1 Å². The summed E-state index contributed by atoms with van der Waals surface area (Å²) in [5.74, 6) is -17.1. The van der Waals surface area contributed by atoms with Crippen LogP contribution < -0.4 is 10.6 Å². The molecule has 2 saturated carbocycles. The Labute approximate surface area is 238 Å². The van der Waals surface area contributed by atoms with Gasteiger partial charge in [0.05, 0.1) is 0 Å². The van der Waals surface area contributed by atoms with Crippen molar-refractivity contribution in [3.05, 3.63) is 68.8 Å². The molecular weight excluding hydrogens is 572 g/mol. The fraction of sp³-hybridized carbons (Fsp3) is 0.533. The molecule has 42 heavy (non-hydrogen) atoms. The Morgan fingerprint density at radius 3 is 1.45 bits per heavy atom. The first kappa shape index (κ1) is 31.7. The molecule has 4 rings (SSSR count). The van der Waals surface area contributed by atoms with Crippen LogP contribution in [0.2, 0.25) is 0 Å². The summed E-state index contributed by atoms with van der Waals surface area (Å²) >= 11 is 0. The van der Waals surface area contributed by atoms with Crippen molar-refractivity contribution in [3.8, 4) is 0 Å². The monoisotopic (exact) mass is 604 g/mol. The Balaban J connectivity index is 1.56. The maximum Gasteiger partial charge on any atom is 0.257 e. The second kappa shape index (κ2) is 12.2. The second-order valence-electron chi connectivity index (χ2n) is 11.7. The minimum Gasteiger partial charge on any atom is -0.349 e. The number of rotatable bonds is 5. The van der Waals surface area contributed by atoms with Gasteiger partial charge in [-0.25, -0.2) is 35.1 Å². The molecule has 0 radical (unpaired) electrons. The van der Waals surface area contributed by atoms with Gasteiger partial charge in [0, 0.05) is 23.2 Å². The fourth-order valence-corrected chi connectivity index (χ4v) is 6.53. The van der Waals surface area contributed by atoms with Gasteiger partial charge in [-0.1, -0.05) is 26.7 Å². The van der Waals surface area contributed by atoms with Crippen LogP contribution in [0.25, 0.3) is 0 Å². The van der Waals surface area contributed by atoms with Gasteiger partial charge >= 0.3 is 0 Å². The van der Waals surface area contributed by atoms with Crippen molar-refractivity contribution < 1.29 is 44.7 Å². The fourth-order valence-electron chi connectivity index (χ4n) is 6.53. The zero-order valence-electron chi connectivity index (χ0n) is 23.5. The third-order valence-corrected chi connectivity index (χ3v) is 9.24. The number of hydrogen-bond acceptors (Lipinski definition) is 2. The number of halogens is 8. The summed E-state index contributed by atoms with van der Waals surface area (Å²) in [5, 5.41) is 5.09. The normalized spacial score (nSPS) is 26.2. The van der Waals surface area contributed by atoms with Crippen molar-refractivity contribution in [1.29, 1.82) is 0 Å². The summed E-state index contributed by atoms with van der Waals surface area (Å²) < 4.78 is 115. The van der Waals surface area contributed by atoms with Gasteiger partial charge in [-0.05, 0) is 63.2 Å². The minimum atomic E-state index is -1.80. The molecule has 2 aromatic carbocycles. The second-order valence-corrected chi connectivity index (χ2v) is 11.7. The summed E-state index contributed by atoms with van der Waals surface area (Å²) in [6.45, 7) is 5.43. The van der Waals surface area contributed by atoms with Crippen LogP contribution >= 0.6 is 0 Å². The average Bonchev–Trinajstić information content (AvgIpc) is 2.95. The van der Waals surface area contributed by atoms with E-state index in [4.69, 9.17) is 0 Å². The quantitative estimate of drug-likeness (QED) is 0.281. The number of nitrogens with one attached hydrogen (secondary N) is 2. The lowest BCUT2D eigenvalue weighted by molar-refractivity contribution is 0.0636. The SMILES string of the molecule is Cc1c(F)c(F)c(C(=O)NC2CC(C3CCCCC3NC(=O)c3c(F)c(F)c(C)c(F)c3F)CC(C)C2C)c(F)c1F. The van der Waals surface area contributed by atoms with Gasteiger partial charge in [-0.3, -0.25) is 9.59 Å². The van der Waals surface area contributed by atoms with Gasteiger partial charge in [0.25, 0.3) is 11.8 Å². The standard InChI is InChI=1S/C30H32F8N2O2/c1-11-9-15(10-18(12(11)2)40-30(42)20-27(37)23(33)14(4)24(34)28(20)38)16-7-5-6-8-17(16)39-29(41)19-25(35)21(31)13(3)22(32)26(19)36/h11-12,15-18H,5-10H2,1-4H3,(H,39,41)(H,40,42). The van der Waals surface area contributed by atoms with E-state index in [1.165, 1.54) is 0 Å². The molecule has 2 aromatic rings. The number of benzene rings is 2. The highest BCUT2D eigenvalue weighted by molar-refractivity contribution is 5.95. The van der Waals surface area contributed by atoms with Crippen LogP contribution in [0.15, 0.2) is 0 Å². The molecule has 0 heterocycles. The highest BCUT2D eigenvalue weighted by Gasteiger charge is 2.42. The van der Waals surface area contributed by atoms with E-state index in [2.05, 4.69) is 10.6 Å². The molecule has 0 bridgehead atoms. The predicted molar refractivity (Wildman–Crippen MR) is 138 cm³/mol. The number of hydrogen-bond donors (Lipinski definition) is 2. The van der Waals surface area contributed by atoms with Crippen molar-refractivity contribution in [3.63, 3.8) is 0 Å². The first-order chi connectivity index (χ1) is 19.7. The number of amides is 2. The average molecular weight is 605 g/mol. The molecule has 0 spiro atoms. The zero-order chi connectivity index (χ0) is 31.2. The minimum absolute atomic E-state index is 0.0382. The topological polar surface area (TPSA) is 58.2 Å². The summed E-state index contributed by atoms with van der Waals surface area (Å²) in [6, 6.07) is -1.28. The van der Waals surface area contributed by atoms with Crippen molar-refractivity contribution >= 4 is 11.8 Å². The molecule has 6 atom stereocenters. The number of carbonyl (C=O) groups is 2. The van der Waals surface area contributed by atoms with E-state index in [1.54, 1.807) is 0 Å². The zero-order valence-corrected chi connectivity index (χ0v) is 23.5. The molecule has 4 nitrogen and oxygen atoms in total. The van der Waals surface area contributed by atoms with E-state index in [1.807, 2.05) is 13.8 Å². The first-order valence-corrected chi connectivity index (χ1v) is 13.9. The van der Waals surface area contributed by atoms with E-state index in [9.17, 15) is 44.7 Å². The van der Waals surface area contributed by atoms with E-state index in [0.717, 1.165) is 20.3 Å². The maximum absolute atomic E-state index is 14.5. The molecule has 230 valence electrons. The summed E-state index contributed by atoms with van der Waals surface area (Å²) in [5.41, 5.74) is -4.48. The molecule has 0 saturated heterocycles. The third kappa shape index (κ3) is 5.60. The van der Waals surface area contributed by atoms with Crippen LogP contribution in [0, 0.1) is 84.1 Å². The largest absolute Gasteiger partial charge is 0.349 e. The lowest BCUT2D eigenvalue weighted by atomic mass is 9.64. The van der Waals surface area contributed by atoms with E-state index < -0.39 is 92.7 Å².